The highest BCUT2D eigenvalue weighted by Crippen LogP contribution is 2.69. The second-order valence-corrected chi connectivity index (χ2v) is 10.7. The van der Waals surface area contributed by atoms with Gasteiger partial charge in [-0.15, -0.1) is 0 Å². The smallest absolute Gasteiger partial charge is 0.413 e. The Morgan fingerprint density at radius 3 is 2.41 bits per heavy atom. The fourth-order valence-electron chi connectivity index (χ4n) is 1.14. The highest BCUT2D eigenvalue weighted by molar-refractivity contribution is 8.87. The van der Waals surface area contributed by atoms with Crippen LogP contribution in [0.25, 0.3) is 0 Å². The molecule has 1 aromatic rings. The summed E-state index contributed by atoms with van der Waals surface area (Å²) >= 11 is 2.62. The van der Waals surface area contributed by atoms with Gasteiger partial charge in [0.05, 0.1) is 31.9 Å². The van der Waals surface area contributed by atoms with E-state index in [2.05, 4.69) is 4.98 Å². The van der Waals surface area contributed by atoms with Gasteiger partial charge in [0.15, 0.2) is 0 Å². The summed E-state index contributed by atoms with van der Waals surface area (Å²) in [6.07, 6.45) is 0.0508. The van der Waals surface area contributed by atoms with Crippen molar-refractivity contribution in [1.82, 2.24) is 4.98 Å². The molecule has 1 heterocycles. The zero-order chi connectivity index (χ0) is 16.4. The highest BCUT2D eigenvalue weighted by Gasteiger charge is 2.31. The number of carbonyl (C=O) groups excluding carboxylic acids is 1. The summed E-state index contributed by atoms with van der Waals surface area (Å²) < 4.78 is 33.0. The van der Waals surface area contributed by atoms with Crippen molar-refractivity contribution in [2.45, 2.75) is 27.2 Å². The van der Waals surface area contributed by atoms with Gasteiger partial charge in [0, 0.05) is 5.38 Å². The summed E-state index contributed by atoms with van der Waals surface area (Å²) in [6, 6.07) is 0. The summed E-state index contributed by atoms with van der Waals surface area (Å²) in [6.45, 7) is 6.39. The Balaban J connectivity index is 2.67. The molecule has 22 heavy (non-hydrogen) atoms. The largest absolute Gasteiger partial charge is 0.466 e. The van der Waals surface area contributed by atoms with E-state index in [1.807, 2.05) is 0 Å². The molecule has 0 N–H and O–H groups in total. The number of thiazole rings is 1. The van der Waals surface area contributed by atoms with Crippen molar-refractivity contribution in [3.05, 3.63) is 11.1 Å². The van der Waals surface area contributed by atoms with Crippen molar-refractivity contribution in [3.8, 4) is 5.19 Å². The summed E-state index contributed by atoms with van der Waals surface area (Å²) in [4.78, 5) is 15.5. The lowest BCUT2D eigenvalue weighted by atomic mass is 10.3. The molecule has 0 amide bonds. The second-order valence-electron chi connectivity index (χ2n) is 3.59. The topological polar surface area (TPSA) is 84.0 Å². The van der Waals surface area contributed by atoms with Crippen molar-refractivity contribution < 1.29 is 27.0 Å². The van der Waals surface area contributed by atoms with Crippen molar-refractivity contribution in [2.24, 2.45) is 0 Å². The second kappa shape index (κ2) is 10.5. The minimum Gasteiger partial charge on any atom is -0.466 e. The average molecular weight is 387 g/mol. The molecule has 1 rings (SSSR count). The van der Waals surface area contributed by atoms with Gasteiger partial charge in [-0.3, -0.25) is 4.79 Å². The molecule has 0 unspecified atom stereocenters. The average Bonchev–Trinajstić information content (AvgIpc) is 2.90. The molecule has 0 aliphatic heterocycles. The summed E-state index contributed by atoms with van der Waals surface area (Å²) in [5.41, 5.74) is 0.507. The molecule has 126 valence electrons. The molecule has 0 atom stereocenters. The van der Waals surface area contributed by atoms with Gasteiger partial charge >= 0.3 is 11.7 Å². The Hall–Kier alpha value is -0.250. The molecule has 0 aliphatic rings. The molecule has 0 spiro atoms. The Kier molecular flexibility index (Phi) is 9.46. The first-order valence-electron chi connectivity index (χ1n) is 6.55. The van der Waals surface area contributed by atoms with Crippen LogP contribution in [0.5, 0.6) is 5.19 Å². The van der Waals surface area contributed by atoms with E-state index >= 15 is 0 Å². The zero-order valence-corrected chi connectivity index (χ0v) is 15.8. The van der Waals surface area contributed by atoms with Crippen LogP contribution in [-0.4, -0.2) is 30.8 Å². The summed E-state index contributed by atoms with van der Waals surface area (Å²) in [5.74, 6) is -3.65. The van der Waals surface area contributed by atoms with E-state index in [9.17, 15) is 9.36 Å². The number of carbonyl (C=O) groups is 1. The standard InChI is InChI=1S/C11H18NO6PS3/c1-4-15-10(13)7-9-8-20-11(12-9)18-19(14,21-16-5-2)22-17-6-3/h8H,4-7H2,1-3H3. The maximum atomic E-state index is 12.6. The summed E-state index contributed by atoms with van der Waals surface area (Å²) in [7, 11) is 0. The van der Waals surface area contributed by atoms with Gasteiger partial charge in [0.2, 0.25) is 0 Å². The van der Waals surface area contributed by atoms with Gasteiger partial charge in [-0.05, 0) is 20.8 Å². The third kappa shape index (κ3) is 7.34. The zero-order valence-electron chi connectivity index (χ0n) is 12.5. The molecule has 0 fully saturated rings. The third-order valence-corrected chi connectivity index (χ3v) is 7.48. The van der Waals surface area contributed by atoms with Crippen LogP contribution in [0, 0.1) is 0 Å². The van der Waals surface area contributed by atoms with Gasteiger partial charge in [0.1, 0.15) is 23.3 Å². The van der Waals surface area contributed by atoms with E-state index < -0.39 is 5.77 Å². The van der Waals surface area contributed by atoms with E-state index in [0.29, 0.717) is 25.5 Å². The first kappa shape index (κ1) is 19.8. The van der Waals surface area contributed by atoms with E-state index in [1.54, 1.807) is 26.2 Å². The van der Waals surface area contributed by atoms with Crippen molar-refractivity contribution in [3.63, 3.8) is 0 Å². The quantitative estimate of drug-likeness (QED) is 0.316. The Morgan fingerprint density at radius 2 is 1.86 bits per heavy atom. The molecule has 0 saturated carbocycles. The number of hydrogen-bond acceptors (Lipinski definition) is 10. The van der Waals surface area contributed by atoms with Gasteiger partial charge in [-0.1, -0.05) is 11.3 Å². The minimum absolute atomic E-state index is 0.0508. The Morgan fingerprint density at radius 1 is 1.23 bits per heavy atom. The lowest BCUT2D eigenvalue weighted by Crippen LogP contribution is -2.07. The monoisotopic (exact) mass is 387 g/mol. The maximum absolute atomic E-state index is 12.6. The van der Waals surface area contributed by atoms with Gasteiger partial charge in [-0.25, -0.2) is 9.55 Å². The predicted octanol–water partition coefficient (Wildman–Crippen LogP) is 4.11. The third-order valence-electron chi connectivity index (χ3n) is 1.88. The number of hydrogen-bond donors (Lipinski definition) is 0. The number of ether oxygens (including phenoxy) is 1. The number of rotatable bonds is 11. The predicted molar refractivity (Wildman–Crippen MR) is 89.1 cm³/mol. The first-order valence-corrected chi connectivity index (χ1v) is 11.7. The van der Waals surface area contributed by atoms with Crippen LogP contribution >= 0.6 is 40.4 Å². The minimum atomic E-state index is -3.29. The number of esters is 1. The summed E-state index contributed by atoms with van der Waals surface area (Å²) in [5, 5.41) is 1.86. The lowest BCUT2D eigenvalue weighted by Gasteiger charge is -2.13. The van der Waals surface area contributed by atoms with Gasteiger partial charge < -0.3 is 17.6 Å². The van der Waals surface area contributed by atoms with Crippen LogP contribution in [0.3, 0.4) is 0 Å². The molecule has 1 aromatic heterocycles. The van der Waals surface area contributed by atoms with Crippen LogP contribution in [0.2, 0.25) is 0 Å². The molecule has 11 heteroatoms. The fourth-order valence-corrected chi connectivity index (χ4v) is 6.33. The van der Waals surface area contributed by atoms with Crippen LogP contribution in [-0.2, 0) is 28.9 Å². The van der Waals surface area contributed by atoms with E-state index in [0.717, 1.165) is 34.7 Å². The molecule has 0 aromatic carbocycles. The molecular weight excluding hydrogens is 369 g/mol. The van der Waals surface area contributed by atoms with Crippen molar-refractivity contribution in [1.29, 1.82) is 0 Å². The molecule has 0 bridgehead atoms. The van der Waals surface area contributed by atoms with E-state index in [4.69, 9.17) is 17.6 Å². The first-order chi connectivity index (χ1) is 10.5. The number of nitrogens with zero attached hydrogens (tertiary/aromatic N) is 1. The Labute approximate surface area is 141 Å². The number of aromatic nitrogens is 1. The molecular formula is C11H18NO6PS3. The highest BCUT2D eigenvalue weighted by atomic mass is 33.1. The Bertz CT molecular complexity index is 500. The van der Waals surface area contributed by atoms with Crippen LogP contribution < -0.4 is 4.52 Å². The van der Waals surface area contributed by atoms with Crippen LogP contribution in [0.1, 0.15) is 26.5 Å². The van der Waals surface area contributed by atoms with E-state index in [-0.39, 0.29) is 17.6 Å². The van der Waals surface area contributed by atoms with Crippen LogP contribution in [0.15, 0.2) is 5.38 Å². The van der Waals surface area contributed by atoms with Gasteiger partial charge in [0.25, 0.3) is 5.19 Å². The van der Waals surface area contributed by atoms with Gasteiger partial charge in [-0.2, -0.15) is 0 Å². The van der Waals surface area contributed by atoms with Crippen LogP contribution in [0.4, 0.5) is 0 Å². The van der Waals surface area contributed by atoms with E-state index in [1.165, 1.54) is 0 Å². The molecule has 0 saturated heterocycles. The SMILES string of the molecule is CCOSP(=O)(Oc1nc(CC(=O)OCC)cs1)SOCC. The normalized spacial score (nSPS) is 11.4. The molecule has 0 radical (unpaired) electrons. The maximum Gasteiger partial charge on any atom is 0.413 e. The molecule has 0 aliphatic carbocycles. The fraction of sp³-hybridized carbons (Fsp3) is 0.636. The molecule has 7 nitrogen and oxygen atoms in total. The van der Waals surface area contributed by atoms with Crippen molar-refractivity contribution in [2.75, 3.05) is 19.8 Å². The lowest BCUT2D eigenvalue weighted by molar-refractivity contribution is -0.142. The van der Waals surface area contributed by atoms with Crippen molar-refractivity contribution >= 4 is 46.4 Å².